The molecule has 0 aromatic heterocycles. The Hall–Kier alpha value is -1.61. The maximum atomic E-state index is 10.7. The number of carbonyl (C=O) groups is 1. The highest BCUT2D eigenvalue weighted by Crippen LogP contribution is 2.12. The molecule has 0 radical (unpaired) electrons. The second-order valence-corrected chi connectivity index (χ2v) is 3.06. The van der Waals surface area contributed by atoms with E-state index in [0.29, 0.717) is 0 Å². The minimum absolute atomic E-state index is 0.0368. The van der Waals surface area contributed by atoms with E-state index in [2.05, 4.69) is 0 Å². The standard InChI is InChI=1S/C12H14O3/c1-10(13)3-4-11-5-7-12(8-6-11)15-9-14-2/h3-8H,9H2,1-2H3/b4-3+. The van der Waals surface area contributed by atoms with Crippen molar-refractivity contribution in [3.8, 4) is 5.75 Å². The Bertz CT molecular complexity index is 338. The fraction of sp³-hybridized carbons (Fsp3) is 0.250. The molecule has 1 aromatic rings. The van der Waals surface area contributed by atoms with Crippen molar-refractivity contribution in [2.45, 2.75) is 6.92 Å². The second-order valence-electron chi connectivity index (χ2n) is 3.06. The summed E-state index contributed by atoms with van der Waals surface area (Å²) in [5, 5.41) is 0. The first-order valence-corrected chi connectivity index (χ1v) is 4.63. The molecule has 0 amide bonds. The van der Waals surface area contributed by atoms with Crippen LogP contribution in [0.5, 0.6) is 5.75 Å². The SMILES string of the molecule is COCOc1ccc(/C=C/C(C)=O)cc1. The summed E-state index contributed by atoms with van der Waals surface area (Å²) >= 11 is 0. The Balaban J connectivity index is 2.60. The monoisotopic (exact) mass is 206 g/mol. The highest BCUT2D eigenvalue weighted by molar-refractivity contribution is 5.91. The fourth-order valence-electron chi connectivity index (χ4n) is 1.02. The summed E-state index contributed by atoms with van der Waals surface area (Å²) in [6.07, 6.45) is 3.30. The van der Waals surface area contributed by atoms with Gasteiger partial charge in [-0.1, -0.05) is 18.2 Å². The minimum Gasteiger partial charge on any atom is -0.468 e. The lowest BCUT2D eigenvalue weighted by Crippen LogP contribution is -1.98. The van der Waals surface area contributed by atoms with Gasteiger partial charge in [-0.2, -0.15) is 0 Å². The number of benzene rings is 1. The number of hydrogen-bond acceptors (Lipinski definition) is 3. The zero-order valence-electron chi connectivity index (χ0n) is 8.90. The first-order chi connectivity index (χ1) is 7.22. The van der Waals surface area contributed by atoms with Gasteiger partial charge in [0.05, 0.1) is 0 Å². The van der Waals surface area contributed by atoms with Crippen LogP contribution in [-0.2, 0) is 9.53 Å². The van der Waals surface area contributed by atoms with Crippen LogP contribution in [0.4, 0.5) is 0 Å². The van der Waals surface area contributed by atoms with Crippen LogP contribution in [0, 0.1) is 0 Å². The molecule has 0 fully saturated rings. The lowest BCUT2D eigenvalue weighted by Gasteiger charge is -2.03. The van der Waals surface area contributed by atoms with Crippen molar-refractivity contribution in [2.24, 2.45) is 0 Å². The number of carbonyl (C=O) groups excluding carboxylic acids is 1. The lowest BCUT2D eigenvalue weighted by atomic mass is 10.2. The van der Waals surface area contributed by atoms with Gasteiger partial charge in [-0.3, -0.25) is 4.79 Å². The topological polar surface area (TPSA) is 35.5 Å². The number of ether oxygens (including phenoxy) is 2. The zero-order valence-corrected chi connectivity index (χ0v) is 8.90. The number of methoxy groups -OCH3 is 1. The quantitative estimate of drug-likeness (QED) is 0.547. The van der Waals surface area contributed by atoms with Gasteiger partial charge in [0.1, 0.15) is 5.75 Å². The van der Waals surface area contributed by atoms with Crippen molar-refractivity contribution < 1.29 is 14.3 Å². The predicted octanol–water partition coefficient (Wildman–Crippen LogP) is 2.27. The smallest absolute Gasteiger partial charge is 0.188 e. The first kappa shape index (κ1) is 11.5. The molecular formula is C12H14O3. The number of ketones is 1. The molecule has 0 atom stereocenters. The fourth-order valence-corrected chi connectivity index (χ4v) is 1.02. The third-order valence-electron chi connectivity index (χ3n) is 1.73. The van der Waals surface area contributed by atoms with Crippen LogP contribution in [0.1, 0.15) is 12.5 Å². The van der Waals surface area contributed by atoms with E-state index in [1.807, 2.05) is 24.3 Å². The van der Waals surface area contributed by atoms with E-state index >= 15 is 0 Å². The van der Waals surface area contributed by atoms with Gasteiger partial charge < -0.3 is 9.47 Å². The third-order valence-corrected chi connectivity index (χ3v) is 1.73. The average Bonchev–Trinajstić information content (AvgIpc) is 2.25. The van der Waals surface area contributed by atoms with Crippen LogP contribution < -0.4 is 4.74 Å². The number of hydrogen-bond donors (Lipinski definition) is 0. The first-order valence-electron chi connectivity index (χ1n) is 4.63. The molecule has 0 aliphatic heterocycles. The van der Waals surface area contributed by atoms with Gasteiger partial charge in [0.25, 0.3) is 0 Å². The van der Waals surface area contributed by atoms with Crippen molar-refractivity contribution >= 4 is 11.9 Å². The summed E-state index contributed by atoms with van der Waals surface area (Å²) < 4.78 is 10.00. The summed E-state index contributed by atoms with van der Waals surface area (Å²) in [5.41, 5.74) is 0.968. The van der Waals surface area contributed by atoms with E-state index in [4.69, 9.17) is 9.47 Å². The summed E-state index contributed by atoms with van der Waals surface area (Å²) in [7, 11) is 1.57. The predicted molar refractivity (Wildman–Crippen MR) is 58.7 cm³/mol. The van der Waals surface area contributed by atoms with E-state index in [0.717, 1.165) is 11.3 Å². The van der Waals surface area contributed by atoms with Crippen molar-refractivity contribution in [3.05, 3.63) is 35.9 Å². The number of allylic oxidation sites excluding steroid dienone is 1. The average molecular weight is 206 g/mol. The van der Waals surface area contributed by atoms with Crippen molar-refractivity contribution in [2.75, 3.05) is 13.9 Å². The van der Waals surface area contributed by atoms with E-state index in [1.54, 1.807) is 13.2 Å². The van der Waals surface area contributed by atoms with Crippen LogP contribution in [0.3, 0.4) is 0 Å². The molecule has 0 bridgehead atoms. The van der Waals surface area contributed by atoms with E-state index in [1.165, 1.54) is 13.0 Å². The van der Waals surface area contributed by atoms with E-state index in [-0.39, 0.29) is 12.6 Å². The van der Waals surface area contributed by atoms with Gasteiger partial charge >= 0.3 is 0 Å². The van der Waals surface area contributed by atoms with Crippen molar-refractivity contribution in [1.29, 1.82) is 0 Å². The molecule has 0 heterocycles. The Morgan fingerprint density at radius 2 is 2.00 bits per heavy atom. The van der Waals surface area contributed by atoms with Crippen LogP contribution in [0.2, 0.25) is 0 Å². The van der Waals surface area contributed by atoms with Crippen LogP contribution in [0.25, 0.3) is 6.08 Å². The summed E-state index contributed by atoms with van der Waals surface area (Å²) in [6, 6.07) is 7.42. The van der Waals surface area contributed by atoms with Crippen molar-refractivity contribution in [3.63, 3.8) is 0 Å². The second kappa shape index (κ2) is 5.98. The van der Waals surface area contributed by atoms with Crippen LogP contribution >= 0.6 is 0 Å². The van der Waals surface area contributed by atoms with E-state index in [9.17, 15) is 4.79 Å². The largest absolute Gasteiger partial charge is 0.468 e. The molecular weight excluding hydrogens is 192 g/mol. The summed E-state index contributed by atoms with van der Waals surface area (Å²) in [5.74, 6) is 0.784. The van der Waals surface area contributed by atoms with Crippen LogP contribution in [0.15, 0.2) is 30.3 Å². The van der Waals surface area contributed by atoms with Gasteiger partial charge in [-0.25, -0.2) is 0 Å². The Morgan fingerprint density at radius 3 is 2.53 bits per heavy atom. The molecule has 80 valence electrons. The molecule has 0 aliphatic carbocycles. The molecule has 3 nitrogen and oxygen atoms in total. The molecule has 0 unspecified atom stereocenters. The van der Waals surface area contributed by atoms with Gasteiger partial charge in [0, 0.05) is 7.11 Å². The van der Waals surface area contributed by atoms with Gasteiger partial charge in [-0.05, 0) is 30.7 Å². The van der Waals surface area contributed by atoms with Gasteiger partial charge in [0.2, 0.25) is 0 Å². The molecule has 0 aliphatic rings. The number of rotatable bonds is 5. The molecule has 0 N–H and O–H groups in total. The Morgan fingerprint density at radius 1 is 1.33 bits per heavy atom. The van der Waals surface area contributed by atoms with Crippen molar-refractivity contribution in [1.82, 2.24) is 0 Å². The summed E-state index contributed by atoms with van der Waals surface area (Å²) in [6.45, 7) is 1.76. The van der Waals surface area contributed by atoms with E-state index < -0.39 is 0 Å². The molecule has 1 rings (SSSR count). The molecule has 0 saturated carbocycles. The summed E-state index contributed by atoms with van der Waals surface area (Å²) in [4.78, 5) is 10.7. The van der Waals surface area contributed by atoms with Gasteiger partial charge in [0.15, 0.2) is 12.6 Å². The highest BCUT2D eigenvalue weighted by atomic mass is 16.7. The third kappa shape index (κ3) is 4.42. The Kier molecular flexibility index (Phi) is 4.57. The molecule has 0 spiro atoms. The highest BCUT2D eigenvalue weighted by Gasteiger charge is 1.92. The normalized spacial score (nSPS) is 10.5. The van der Waals surface area contributed by atoms with Gasteiger partial charge in [-0.15, -0.1) is 0 Å². The van der Waals surface area contributed by atoms with Crippen LogP contribution in [-0.4, -0.2) is 19.7 Å². The molecule has 0 saturated heterocycles. The molecule has 1 aromatic carbocycles. The molecule has 3 heteroatoms. The maximum Gasteiger partial charge on any atom is 0.188 e. The zero-order chi connectivity index (χ0) is 11.1. The maximum absolute atomic E-state index is 10.7. The minimum atomic E-state index is 0.0368. The Labute approximate surface area is 89.3 Å². The molecule has 15 heavy (non-hydrogen) atoms. The lowest BCUT2D eigenvalue weighted by molar-refractivity contribution is -0.112.